The highest BCUT2D eigenvalue weighted by Crippen LogP contribution is 2.50. The zero-order valence-corrected chi connectivity index (χ0v) is 13.1. The summed E-state index contributed by atoms with van der Waals surface area (Å²) in [6, 6.07) is 6.49. The van der Waals surface area contributed by atoms with E-state index in [1.165, 1.54) is 30.5 Å². The topological polar surface area (TPSA) is 63.2 Å². The van der Waals surface area contributed by atoms with E-state index in [1.54, 1.807) is 0 Å². The molecular weight excluding hydrogens is 304 g/mol. The van der Waals surface area contributed by atoms with Crippen LogP contribution in [0.5, 0.6) is 0 Å². The molecule has 0 saturated heterocycles. The monoisotopic (exact) mass is 324 g/mol. The van der Waals surface area contributed by atoms with E-state index in [2.05, 4.69) is 37.8 Å². The standard InChI is InChI=1S/C15H20N2O4S/c18-20-21-22-19-15-13-6-2-5-12-11-4-1-3-10(11)9-17(14(12)13)8-7-16-15/h2,5-6,10-11,15-16,18H,1,3-4,7-9H2/t10-,11-,15?/m0/s1. The zero-order chi connectivity index (χ0) is 14.9. The van der Waals surface area contributed by atoms with Crippen LogP contribution in [0.4, 0.5) is 5.69 Å². The lowest BCUT2D eigenvalue weighted by atomic mass is 9.82. The Hall–Kier alpha value is -0.830. The molecule has 2 N–H and O–H groups in total. The lowest BCUT2D eigenvalue weighted by Crippen LogP contribution is -2.38. The molecule has 120 valence electrons. The molecule has 3 atom stereocenters. The van der Waals surface area contributed by atoms with E-state index in [-0.39, 0.29) is 6.23 Å². The Bertz CT molecular complexity index is 544. The molecule has 1 aromatic rings. The van der Waals surface area contributed by atoms with Gasteiger partial charge in [-0.05, 0) is 30.2 Å². The summed E-state index contributed by atoms with van der Waals surface area (Å²) in [5.41, 5.74) is 3.92. The Morgan fingerprint density at radius 3 is 3.09 bits per heavy atom. The third-order valence-electron chi connectivity index (χ3n) is 5.12. The predicted molar refractivity (Wildman–Crippen MR) is 83.0 cm³/mol. The molecule has 0 radical (unpaired) electrons. The molecule has 1 unspecified atom stereocenters. The van der Waals surface area contributed by atoms with E-state index in [0.717, 1.165) is 31.1 Å². The first-order valence-electron chi connectivity index (χ1n) is 7.80. The molecular formula is C15H20N2O4S. The smallest absolute Gasteiger partial charge is 0.199 e. The lowest BCUT2D eigenvalue weighted by molar-refractivity contribution is -0.434. The van der Waals surface area contributed by atoms with Gasteiger partial charge in [0.25, 0.3) is 0 Å². The Morgan fingerprint density at radius 2 is 2.18 bits per heavy atom. The van der Waals surface area contributed by atoms with Crippen molar-refractivity contribution < 1.29 is 18.8 Å². The van der Waals surface area contributed by atoms with Crippen molar-refractivity contribution in [1.29, 1.82) is 0 Å². The lowest BCUT2D eigenvalue weighted by Gasteiger charge is -2.39. The maximum Gasteiger partial charge on any atom is 0.199 e. The van der Waals surface area contributed by atoms with Crippen LogP contribution in [0.1, 0.15) is 42.5 Å². The van der Waals surface area contributed by atoms with Crippen molar-refractivity contribution in [3.8, 4) is 0 Å². The Kier molecular flexibility index (Phi) is 4.25. The van der Waals surface area contributed by atoms with Gasteiger partial charge in [0.15, 0.2) is 18.6 Å². The normalized spacial score (nSPS) is 29.9. The minimum absolute atomic E-state index is 0.280. The number of para-hydroxylation sites is 1. The summed E-state index contributed by atoms with van der Waals surface area (Å²) in [4.78, 5) is 2.50. The van der Waals surface area contributed by atoms with Crippen molar-refractivity contribution in [3.05, 3.63) is 29.3 Å². The van der Waals surface area contributed by atoms with Gasteiger partial charge in [-0.3, -0.25) is 9.50 Å². The number of nitrogens with zero attached hydrogens (tertiary/aromatic N) is 1. The van der Waals surface area contributed by atoms with Gasteiger partial charge in [-0.25, -0.2) is 5.26 Å². The summed E-state index contributed by atoms with van der Waals surface area (Å²) in [7, 11) is 0. The fourth-order valence-electron chi connectivity index (χ4n) is 4.29. The summed E-state index contributed by atoms with van der Waals surface area (Å²) in [6.45, 7) is 2.97. The minimum atomic E-state index is -0.280. The first-order chi connectivity index (χ1) is 10.9. The zero-order valence-electron chi connectivity index (χ0n) is 12.2. The van der Waals surface area contributed by atoms with E-state index < -0.39 is 0 Å². The fraction of sp³-hybridized carbons (Fsp3) is 0.600. The average Bonchev–Trinajstić information content (AvgIpc) is 2.94. The highest BCUT2D eigenvalue weighted by Gasteiger charge is 2.39. The molecule has 3 aliphatic rings. The molecule has 2 aliphatic heterocycles. The number of fused-ring (bicyclic) bond motifs is 2. The molecule has 0 amide bonds. The average molecular weight is 324 g/mol. The van der Waals surface area contributed by atoms with Gasteiger partial charge in [0.1, 0.15) is 0 Å². The molecule has 2 heterocycles. The van der Waals surface area contributed by atoms with Crippen LogP contribution in [0.3, 0.4) is 0 Å². The number of rotatable bonds is 4. The highest BCUT2D eigenvalue weighted by molar-refractivity contribution is 7.89. The van der Waals surface area contributed by atoms with Gasteiger partial charge in [-0.15, -0.1) is 4.33 Å². The molecule has 0 aromatic heterocycles. The van der Waals surface area contributed by atoms with Crippen molar-refractivity contribution >= 4 is 18.0 Å². The maximum absolute atomic E-state index is 8.23. The molecule has 7 heteroatoms. The van der Waals surface area contributed by atoms with Crippen molar-refractivity contribution in [3.63, 3.8) is 0 Å². The molecule has 0 bridgehead atoms. The summed E-state index contributed by atoms with van der Waals surface area (Å²) in [5.74, 6) is 1.48. The van der Waals surface area contributed by atoms with E-state index in [1.807, 2.05) is 0 Å². The van der Waals surface area contributed by atoms with Gasteiger partial charge in [0.05, 0.1) is 0 Å². The van der Waals surface area contributed by atoms with Crippen molar-refractivity contribution in [2.24, 2.45) is 5.92 Å². The second kappa shape index (κ2) is 6.35. The molecule has 4 rings (SSSR count). The van der Waals surface area contributed by atoms with Crippen LogP contribution in [0.25, 0.3) is 0 Å². The first-order valence-corrected chi connectivity index (χ1v) is 8.46. The molecule has 6 nitrogen and oxygen atoms in total. The first kappa shape index (κ1) is 14.7. The third kappa shape index (κ3) is 2.51. The minimum Gasteiger partial charge on any atom is -0.369 e. The van der Waals surface area contributed by atoms with Gasteiger partial charge < -0.3 is 4.90 Å². The van der Waals surface area contributed by atoms with Crippen LogP contribution in [-0.4, -0.2) is 24.9 Å². The van der Waals surface area contributed by atoms with Crippen LogP contribution in [0.2, 0.25) is 0 Å². The fourth-order valence-corrected chi connectivity index (χ4v) is 4.60. The Labute approximate surface area is 134 Å². The van der Waals surface area contributed by atoms with Gasteiger partial charge in [0.2, 0.25) is 0 Å². The van der Waals surface area contributed by atoms with Crippen molar-refractivity contribution in [1.82, 2.24) is 5.32 Å². The van der Waals surface area contributed by atoms with Gasteiger partial charge in [-0.1, -0.05) is 29.7 Å². The molecule has 0 spiro atoms. The van der Waals surface area contributed by atoms with Gasteiger partial charge >= 0.3 is 0 Å². The van der Waals surface area contributed by atoms with E-state index in [4.69, 9.17) is 9.44 Å². The van der Waals surface area contributed by atoms with Crippen LogP contribution in [0.15, 0.2) is 18.2 Å². The number of benzene rings is 1. The van der Waals surface area contributed by atoms with E-state index in [9.17, 15) is 0 Å². The van der Waals surface area contributed by atoms with Crippen LogP contribution >= 0.6 is 12.3 Å². The number of hydrogen-bond donors (Lipinski definition) is 2. The molecule has 1 aliphatic carbocycles. The SMILES string of the molecule is OOOSOC1NCCN2C[C@@H]3CCC[C@@H]3c3cccc1c32. The summed E-state index contributed by atoms with van der Waals surface area (Å²) in [6.07, 6.45) is 3.70. The second-order valence-electron chi connectivity index (χ2n) is 6.17. The van der Waals surface area contributed by atoms with Crippen molar-refractivity contribution in [2.75, 3.05) is 24.5 Å². The Morgan fingerprint density at radius 1 is 1.27 bits per heavy atom. The molecule has 1 fully saturated rings. The number of hydrogen-bond acceptors (Lipinski definition) is 7. The van der Waals surface area contributed by atoms with Gasteiger partial charge in [0, 0.05) is 30.9 Å². The molecule has 1 aromatic carbocycles. The Balaban J connectivity index is 1.69. The molecule has 1 saturated carbocycles. The summed E-state index contributed by atoms with van der Waals surface area (Å²) >= 11 is 0.632. The van der Waals surface area contributed by atoms with E-state index in [0.29, 0.717) is 18.2 Å². The number of nitrogens with one attached hydrogen (secondary N) is 1. The van der Waals surface area contributed by atoms with E-state index >= 15 is 0 Å². The van der Waals surface area contributed by atoms with Crippen LogP contribution in [-0.2, 0) is 13.6 Å². The summed E-state index contributed by atoms with van der Waals surface area (Å²) in [5, 5.41) is 15.2. The largest absolute Gasteiger partial charge is 0.369 e. The van der Waals surface area contributed by atoms with Crippen LogP contribution < -0.4 is 10.2 Å². The van der Waals surface area contributed by atoms with Gasteiger partial charge in [-0.2, -0.15) is 0 Å². The maximum atomic E-state index is 8.23. The highest BCUT2D eigenvalue weighted by atomic mass is 32.2. The third-order valence-corrected chi connectivity index (χ3v) is 5.50. The second-order valence-corrected chi connectivity index (χ2v) is 6.63. The molecule has 22 heavy (non-hydrogen) atoms. The summed E-state index contributed by atoms with van der Waals surface area (Å²) < 4.78 is 9.94. The number of anilines is 1. The quantitative estimate of drug-likeness (QED) is 0.382. The predicted octanol–water partition coefficient (Wildman–Crippen LogP) is 2.99. The van der Waals surface area contributed by atoms with Crippen LogP contribution in [0, 0.1) is 5.92 Å². The van der Waals surface area contributed by atoms with Crippen molar-refractivity contribution in [2.45, 2.75) is 31.4 Å².